The van der Waals surface area contributed by atoms with E-state index in [9.17, 15) is 9.59 Å². The normalized spacial score (nSPS) is 10.5. The van der Waals surface area contributed by atoms with Crippen molar-refractivity contribution in [3.63, 3.8) is 0 Å². The number of amides is 1. The van der Waals surface area contributed by atoms with Crippen LogP contribution >= 0.6 is 0 Å². The summed E-state index contributed by atoms with van der Waals surface area (Å²) in [5.41, 5.74) is 1.99. The van der Waals surface area contributed by atoms with Gasteiger partial charge in [0.1, 0.15) is 12.2 Å². The summed E-state index contributed by atoms with van der Waals surface area (Å²) in [7, 11) is 1.28. The predicted molar refractivity (Wildman–Crippen MR) is 82.0 cm³/mol. The van der Waals surface area contributed by atoms with E-state index in [1.54, 1.807) is 10.7 Å². The van der Waals surface area contributed by atoms with Gasteiger partial charge in [-0.1, -0.05) is 32.0 Å². The Hall–Kier alpha value is -2.63. The number of esters is 1. The Balaban J connectivity index is 2.33. The van der Waals surface area contributed by atoms with Crippen molar-refractivity contribution >= 4 is 11.9 Å². The molecule has 1 aromatic heterocycles. The van der Waals surface area contributed by atoms with Gasteiger partial charge in [-0.05, 0) is 24.1 Å². The molecule has 1 heterocycles. The van der Waals surface area contributed by atoms with Gasteiger partial charge in [-0.2, -0.15) is 5.10 Å². The topological polar surface area (TPSA) is 73.2 Å². The van der Waals surface area contributed by atoms with E-state index in [-0.39, 0.29) is 18.4 Å². The van der Waals surface area contributed by atoms with Crippen molar-refractivity contribution in [2.75, 3.05) is 13.7 Å². The molecule has 0 saturated heterocycles. The molecular weight excluding hydrogens is 282 g/mol. The second kappa shape index (κ2) is 6.89. The van der Waals surface area contributed by atoms with Crippen LogP contribution < -0.4 is 5.32 Å². The van der Waals surface area contributed by atoms with Gasteiger partial charge in [0.25, 0.3) is 5.91 Å². The van der Waals surface area contributed by atoms with E-state index in [4.69, 9.17) is 0 Å². The molecule has 0 fully saturated rings. The molecule has 6 nitrogen and oxygen atoms in total. The molecule has 1 aromatic carbocycles. The lowest BCUT2D eigenvalue weighted by Gasteiger charge is -2.07. The molecule has 0 atom stereocenters. The molecular formula is C16H19N3O3. The Morgan fingerprint density at radius 2 is 1.95 bits per heavy atom. The summed E-state index contributed by atoms with van der Waals surface area (Å²) >= 11 is 0. The summed E-state index contributed by atoms with van der Waals surface area (Å²) in [6.45, 7) is 3.84. The average Bonchev–Trinajstić information content (AvgIpc) is 2.98. The minimum Gasteiger partial charge on any atom is -0.468 e. The number of hydrogen-bond acceptors (Lipinski definition) is 4. The standard InChI is InChI=1S/C16H19N3O3/c1-11(2)13-9-14(16(21)17-10-15(20)22-3)19(18-13)12-7-5-4-6-8-12/h4-9,11H,10H2,1-3H3,(H,17,21). The van der Waals surface area contributed by atoms with Gasteiger partial charge >= 0.3 is 5.97 Å². The Kier molecular flexibility index (Phi) is 4.93. The van der Waals surface area contributed by atoms with Crippen molar-refractivity contribution in [3.05, 3.63) is 47.8 Å². The lowest BCUT2D eigenvalue weighted by Crippen LogP contribution is -2.31. The van der Waals surface area contributed by atoms with E-state index in [1.165, 1.54) is 7.11 Å². The average molecular weight is 301 g/mol. The number of carbonyl (C=O) groups is 2. The van der Waals surface area contributed by atoms with Crippen molar-refractivity contribution in [1.29, 1.82) is 0 Å². The van der Waals surface area contributed by atoms with Gasteiger partial charge in [0.2, 0.25) is 0 Å². The first-order valence-corrected chi connectivity index (χ1v) is 7.03. The van der Waals surface area contributed by atoms with Gasteiger partial charge < -0.3 is 10.1 Å². The zero-order chi connectivity index (χ0) is 16.1. The lowest BCUT2D eigenvalue weighted by molar-refractivity contribution is -0.139. The summed E-state index contributed by atoms with van der Waals surface area (Å²) < 4.78 is 6.10. The minimum absolute atomic E-state index is 0.174. The second-order valence-electron chi connectivity index (χ2n) is 5.12. The molecule has 2 aromatic rings. The van der Waals surface area contributed by atoms with E-state index < -0.39 is 5.97 Å². The molecule has 2 rings (SSSR count). The van der Waals surface area contributed by atoms with Crippen LogP contribution in [0.4, 0.5) is 0 Å². The van der Waals surface area contributed by atoms with Gasteiger partial charge in [-0.3, -0.25) is 9.59 Å². The van der Waals surface area contributed by atoms with Crippen molar-refractivity contribution in [3.8, 4) is 5.69 Å². The van der Waals surface area contributed by atoms with Crippen LogP contribution in [0.25, 0.3) is 5.69 Å². The van der Waals surface area contributed by atoms with Crippen LogP contribution in [0.3, 0.4) is 0 Å². The smallest absolute Gasteiger partial charge is 0.325 e. The van der Waals surface area contributed by atoms with E-state index >= 15 is 0 Å². The van der Waals surface area contributed by atoms with Crippen LogP contribution in [0.5, 0.6) is 0 Å². The fourth-order valence-corrected chi connectivity index (χ4v) is 1.92. The third-order valence-electron chi connectivity index (χ3n) is 3.17. The first-order chi connectivity index (χ1) is 10.5. The molecule has 0 aliphatic carbocycles. The summed E-state index contributed by atoms with van der Waals surface area (Å²) in [6.07, 6.45) is 0. The summed E-state index contributed by atoms with van der Waals surface area (Å²) in [6, 6.07) is 11.1. The number of carbonyl (C=O) groups excluding carboxylic acids is 2. The first-order valence-electron chi connectivity index (χ1n) is 7.03. The number of methoxy groups -OCH3 is 1. The second-order valence-corrected chi connectivity index (χ2v) is 5.12. The number of nitrogens with zero attached hydrogens (tertiary/aromatic N) is 2. The zero-order valence-corrected chi connectivity index (χ0v) is 12.9. The molecule has 0 radical (unpaired) electrons. The molecule has 116 valence electrons. The molecule has 6 heteroatoms. The Labute approximate surface area is 129 Å². The van der Waals surface area contributed by atoms with Gasteiger partial charge in [-0.15, -0.1) is 0 Å². The highest BCUT2D eigenvalue weighted by atomic mass is 16.5. The maximum atomic E-state index is 12.3. The van der Waals surface area contributed by atoms with Crippen molar-refractivity contribution < 1.29 is 14.3 Å². The highest BCUT2D eigenvalue weighted by Crippen LogP contribution is 2.18. The quantitative estimate of drug-likeness (QED) is 0.856. The number of para-hydroxylation sites is 1. The van der Waals surface area contributed by atoms with Crippen molar-refractivity contribution in [1.82, 2.24) is 15.1 Å². The molecule has 0 spiro atoms. The maximum absolute atomic E-state index is 12.3. The first kappa shape index (κ1) is 15.8. The number of aromatic nitrogens is 2. The fraction of sp³-hybridized carbons (Fsp3) is 0.312. The molecule has 22 heavy (non-hydrogen) atoms. The van der Waals surface area contributed by atoms with Crippen LogP contribution in [0.1, 0.15) is 35.9 Å². The van der Waals surface area contributed by atoms with Gasteiger partial charge in [0, 0.05) is 0 Å². The largest absolute Gasteiger partial charge is 0.468 e. The van der Waals surface area contributed by atoms with E-state index in [1.807, 2.05) is 44.2 Å². The van der Waals surface area contributed by atoms with Gasteiger partial charge in [0.05, 0.1) is 18.5 Å². The summed E-state index contributed by atoms with van der Waals surface area (Å²) in [5, 5.41) is 7.03. The maximum Gasteiger partial charge on any atom is 0.325 e. The number of benzene rings is 1. The number of hydrogen-bond donors (Lipinski definition) is 1. The molecule has 0 aliphatic heterocycles. The van der Waals surface area contributed by atoms with E-state index in [0.717, 1.165) is 11.4 Å². The SMILES string of the molecule is COC(=O)CNC(=O)c1cc(C(C)C)nn1-c1ccccc1. The highest BCUT2D eigenvalue weighted by molar-refractivity contribution is 5.95. The monoisotopic (exact) mass is 301 g/mol. The van der Waals surface area contributed by atoms with Crippen LogP contribution in [-0.2, 0) is 9.53 Å². The highest BCUT2D eigenvalue weighted by Gasteiger charge is 2.18. The van der Waals surface area contributed by atoms with Crippen molar-refractivity contribution in [2.24, 2.45) is 0 Å². The van der Waals surface area contributed by atoms with Crippen LogP contribution in [0.15, 0.2) is 36.4 Å². The molecule has 0 aliphatic rings. The van der Waals surface area contributed by atoms with Crippen LogP contribution in [-0.4, -0.2) is 35.3 Å². The fourth-order valence-electron chi connectivity index (χ4n) is 1.92. The molecule has 1 N–H and O–H groups in total. The zero-order valence-electron chi connectivity index (χ0n) is 12.9. The van der Waals surface area contributed by atoms with Gasteiger partial charge in [0.15, 0.2) is 0 Å². The summed E-state index contributed by atoms with van der Waals surface area (Å²) in [5.74, 6) is -0.672. The summed E-state index contributed by atoms with van der Waals surface area (Å²) in [4.78, 5) is 23.5. The Morgan fingerprint density at radius 3 is 2.55 bits per heavy atom. The van der Waals surface area contributed by atoms with Crippen LogP contribution in [0, 0.1) is 0 Å². The molecule has 0 saturated carbocycles. The molecule has 0 bridgehead atoms. The number of nitrogens with one attached hydrogen (secondary N) is 1. The van der Waals surface area contributed by atoms with Crippen LogP contribution in [0.2, 0.25) is 0 Å². The third-order valence-corrected chi connectivity index (χ3v) is 3.17. The molecule has 1 amide bonds. The number of ether oxygens (including phenoxy) is 1. The Morgan fingerprint density at radius 1 is 1.27 bits per heavy atom. The van der Waals surface area contributed by atoms with Gasteiger partial charge in [-0.25, -0.2) is 4.68 Å². The Bertz CT molecular complexity index is 663. The minimum atomic E-state index is -0.497. The predicted octanol–water partition coefficient (Wildman–Crippen LogP) is 1.90. The third kappa shape index (κ3) is 3.52. The number of rotatable bonds is 5. The lowest BCUT2D eigenvalue weighted by atomic mass is 10.1. The van der Waals surface area contributed by atoms with E-state index in [0.29, 0.717) is 5.69 Å². The van der Waals surface area contributed by atoms with Crippen molar-refractivity contribution in [2.45, 2.75) is 19.8 Å². The molecule has 0 unspecified atom stereocenters. The van der Waals surface area contributed by atoms with E-state index in [2.05, 4.69) is 15.2 Å².